The Morgan fingerprint density at radius 2 is 1.81 bits per heavy atom. The summed E-state index contributed by atoms with van der Waals surface area (Å²) >= 11 is 10.1. The maximum Gasteiger partial charge on any atom is 0.323 e. The highest BCUT2D eigenvalue weighted by molar-refractivity contribution is 9.11. The van der Waals surface area contributed by atoms with Crippen LogP contribution < -0.4 is 5.32 Å². The standard InChI is InChI=1S/C13H13Br3N2O3/c14-8-3-9(15)12(10(16)4-8)17-13(21)18(6-11(19)20)5-7-1-2-7/h3-4,7H,1-2,5-6H2,(H,17,21)(H,19,20). The minimum Gasteiger partial charge on any atom is -0.480 e. The molecule has 1 aromatic carbocycles. The second-order valence-corrected chi connectivity index (χ2v) is 7.52. The van der Waals surface area contributed by atoms with Crippen molar-refractivity contribution in [3.8, 4) is 0 Å². The van der Waals surface area contributed by atoms with Crippen LogP contribution in [0.25, 0.3) is 0 Å². The van der Waals surface area contributed by atoms with Gasteiger partial charge in [0.1, 0.15) is 6.54 Å². The Kier molecular flexibility index (Phi) is 5.67. The van der Waals surface area contributed by atoms with Crippen LogP contribution in [0.4, 0.5) is 10.5 Å². The number of benzene rings is 1. The average Bonchev–Trinajstić information content (AvgIpc) is 3.16. The Hall–Kier alpha value is -0.600. The molecule has 1 aromatic rings. The van der Waals surface area contributed by atoms with E-state index in [9.17, 15) is 9.59 Å². The number of amides is 2. The molecular formula is C13H13Br3N2O3. The Labute approximate surface area is 147 Å². The van der Waals surface area contributed by atoms with Gasteiger partial charge in [-0.15, -0.1) is 0 Å². The van der Waals surface area contributed by atoms with E-state index in [2.05, 4.69) is 53.1 Å². The van der Waals surface area contributed by atoms with E-state index >= 15 is 0 Å². The van der Waals surface area contributed by atoms with Crippen LogP contribution in [0.2, 0.25) is 0 Å². The van der Waals surface area contributed by atoms with Gasteiger partial charge >= 0.3 is 12.0 Å². The molecule has 0 heterocycles. The van der Waals surface area contributed by atoms with E-state index in [1.54, 1.807) is 0 Å². The number of nitrogens with zero attached hydrogens (tertiary/aromatic N) is 1. The molecular weight excluding hydrogens is 472 g/mol. The van der Waals surface area contributed by atoms with Crippen LogP contribution in [0.5, 0.6) is 0 Å². The van der Waals surface area contributed by atoms with Crippen molar-refractivity contribution in [2.75, 3.05) is 18.4 Å². The average molecular weight is 485 g/mol. The van der Waals surface area contributed by atoms with Crippen molar-refractivity contribution in [3.05, 3.63) is 25.6 Å². The SMILES string of the molecule is O=C(O)CN(CC1CC1)C(=O)Nc1c(Br)cc(Br)cc1Br. The lowest BCUT2D eigenvalue weighted by Crippen LogP contribution is -2.40. The van der Waals surface area contributed by atoms with Crippen molar-refractivity contribution in [3.63, 3.8) is 0 Å². The van der Waals surface area contributed by atoms with Crippen molar-refractivity contribution in [1.82, 2.24) is 4.90 Å². The summed E-state index contributed by atoms with van der Waals surface area (Å²) in [5.41, 5.74) is 0.578. The molecule has 1 fully saturated rings. The van der Waals surface area contributed by atoms with Gasteiger partial charge in [-0.3, -0.25) is 4.79 Å². The first kappa shape index (κ1) is 16.8. The first-order valence-electron chi connectivity index (χ1n) is 6.29. The maximum absolute atomic E-state index is 12.3. The number of nitrogens with one attached hydrogen (secondary N) is 1. The highest BCUT2D eigenvalue weighted by atomic mass is 79.9. The molecule has 2 rings (SSSR count). The summed E-state index contributed by atoms with van der Waals surface area (Å²) in [5, 5.41) is 11.7. The third kappa shape index (κ3) is 4.96. The molecule has 0 bridgehead atoms. The molecule has 0 atom stereocenters. The van der Waals surface area contributed by atoms with E-state index in [1.807, 2.05) is 12.1 Å². The van der Waals surface area contributed by atoms with E-state index in [-0.39, 0.29) is 6.54 Å². The predicted octanol–water partition coefficient (Wildman–Crippen LogP) is 4.30. The smallest absolute Gasteiger partial charge is 0.323 e. The summed E-state index contributed by atoms with van der Waals surface area (Å²) in [5.74, 6) is -0.591. The fourth-order valence-corrected chi connectivity index (χ4v) is 4.30. The summed E-state index contributed by atoms with van der Waals surface area (Å²) in [6.07, 6.45) is 2.10. The van der Waals surface area contributed by atoms with Gasteiger partial charge in [0.25, 0.3) is 0 Å². The highest BCUT2D eigenvalue weighted by Gasteiger charge is 2.28. The molecule has 0 saturated heterocycles. The number of carbonyl (C=O) groups is 2. The van der Waals surface area contributed by atoms with E-state index in [1.165, 1.54) is 4.90 Å². The number of aliphatic carboxylic acids is 1. The summed E-state index contributed by atoms with van der Waals surface area (Å²) in [6.45, 7) is 0.179. The molecule has 0 aromatic heterocycles. The molecule has 114 valence electrons. The molecule has 1 aliphatic carbocycles. The Balaban J connectivity index is 2.12. The van der Waals surface area contributed by atoms with E-state index in [0.717, 1.165) is 17.3 Å². The van der Waals surface area contributed by atoms with Crippen LogP contribution in [-0.2, 0) is 4.79 Å². The lowest BCUT2D eigenvalue weighted by molar-refractivity contribution is -0.137. The minimum atomic E-state index is -1.01. The number of rotatable bonds is 5. The molecule has 0 unspecified atom stereocenters. The number of halogens is 3. The fraction of sp³-hybridized carbons (Fsp3) is 0.385. The van der Waals surface area contributed by atoms with Gasteiger partial charge in [-0.2, -0.15) is 0 Å². The largest absolute Gasteiger partial charge is 0.480 e. The van der Waals surface area contributed by atoms with Crippen molar-refractivity contribution < 1.29 is 14.7 Å². The second-order valence-electron chi connectivity index (χ2n) is 4.89. The second kappa shape index (κ2) is 7.11. The van der Waals surface area contributed by atoms with Gasteiger partial charge < -0.3 is 15.3 Å². The summed E-state index contributed by atoms with van der Waals surface area (Å²) < 4.78 is 2.28. The van der Waals surface area contributed by atoms with Crippen LogP contribution in [0, 0.1) is 5.92 Å². The number of urea groups is 1. The molecule has 0 spiro atoms. The molecule has 8 heteroatoms. The van der Waals surface area contributed by atoms with Gasteiger partial charge in [0.05, 0.1) is 5.69 Å². The lowest BCUT2D eigenvalue weighted by atomic mass is 10.3. The van der Waals surface area contributed by atoms with Gasteiger partial charge in [0.2, 0.25) is 0 Å². The molecule has 0 radical (unpaired) electrons. The summed E-state index contributed by atoms with van der Waals surface area (Å²) in [4.78, 5) is 24.5. The van der Waals surface area contributed by atoms with Crippen LogP contribution in [0.15, 0.2) is 25.6 Å². The minimum absolute atomic E-state index is 0.298. The molecule has 1 aliphatic rings. The van der Waals surface area contributed by atoms with Crippen molar-refractivity contribution in [1.29, 1.82) is 0 Å². The number of hydrogen-bond donors (Lipinski definition) is 2. The normalized spacial score (nSPS) is 13.9. The number of carboxylic acids is 1. The Bertz CT molecular complexity index is 553. The molecule has 21 heavy (non-hydrogen) atoms. The van der Waals surface area contributed by atoms with E-state index in [0.29, 0.717) is 27.1 Å². The van der Waals surface area contributed by atoms with E-state index in [4.69, 9.17) is 5.11 Å². The molecule has 2 N–H and O–H groups in total. The summed E-state index contributed by atoms with van der Waals surface area (Å²) in [6, 6.07) is 3.21. The first-order valence-corrected chi connectivity index (χ1v) is 8.67. The molecule has 5 nitrogen and oxygen atoms in total. The Morgan fingerprint density at radius 1 is 1.24 bits per heavy atom. The van der Waals surface area contributed by atoms with Gasteiger partial charge in [-0.1, -0.05) is 15.9 Å². The first-order chi connectivity index (χ1) is 9.86. The third-order valence-corrected chi connectivity index (χ3v) is 4.74. The van der Waals surface area contributed by atoms with Crippen molar-refractivity contribution in [2.45, 2.75) is 12.8 Å². The zero-order valence-electron chi connectivity index (χ0n) is 10.9. The number of anilines is 1. The molecule has 0 aliphatic heterocycles. The van der Waals surface area contributed by atoms with Gasteiger partial charge in [0, 0.05) is 20.0 Å². The maximum atomic E-state index is 12.3. The zero-order chi connectivity index (χ0) is 15.6. The van der Waals surface area contributed by atoms with Crippen LogP contribution in [0.3, 0.4) is 0 Å². The van der Waals surface area contributed by atoms with Gasteiger partial charge in [0.15, 0.2) is 0 Å². The number of hydrogen-bond acceptors (Lipinski definition) is 2. The van der Waals surface area contributed by atoms with Crippen molar-refractivity contribution in [2.24, 2.45) is 5.92 Å². The number of carbonyl (C=O) groups excluding carboxylic acids is 1. The summed E-state index contributed by atoms with van der Waals surface area (Å²) in [7, 11) is 0. The Morgan fingerprint density at radius 3 is 2.29 bits per heavy atom. The van der Waals surface area contributed by atoms with Crippen LogP contribution in [-0.4, -0.2) is 35.1 Å². The lowest BCUT2D eigenvalue weighted by Gasteiger charge is -2.22. The monoisotopic (exact) mass is 482 g/mol. The predicted molar refractivity (Wildman–Crippen MR) is 90.5 cm³/mol. The van der Waals surface area contributed by atoms with Gasteiger partial charge in [-0.25, -0.2) is 4.79 Å². The topological polar surface area (TPSA) is 69.6 Å². The highest BCUT2D eigenvalue weighted by Crippen LogP contribution is 2.35. The molecule has 1 saturated carbocycles. The third-order valence-electron chi connectivity index (χ3n) is 3.03. The zero-order valence-corrected chi connectivity index (χ0v) is 15.7. The fourth-order valence-electron chi connectivity index (χ4n) is 1.84. The van der Waals surface area contributed by atoms with Crippen LogP contribution >= 0.6 is 47.8 Å². The van der Waals surface area contributed by atoms with E-state index < -0.39 is 12.0 Å². The van der Waals surface area contributed by atoms with Crippen molar-refractivity contribution >= 4 is 65.5 Å². The number of carboxylic acid groups (broad SMARTS) is 1. The van der Waals surface area contributed by atoms with Crippen LogP contribution in [0.1, 0.15) is 12.8 Å². The van der Waals surface area contributed by atoms with Gasteiger partial charge in [-0.05, 0) is 62.8 Å². The quantitative estimate of drug-likeness (QED) is 0.654. The molecule has 2 amide bonds.